The van der Waals surface area contributed by atoms with Gasteiger partial charge in [-0.2, -0.15) is 10.1 Å². The Balaban J connectivity index is 1.78. The van der Waals surface area contributed by atoms with E-state index in [0.29, 0.717) is 18.3 Å². The van der Waals surface area contributed by atoms with Crippen molar-refractivity contribution in [2.45, 2.75) is 20.4 Å². The summed E-state index contributed by atoms with van der Waals surface area (Å²) in [6.07, 6.45) is 5.18. The second-order valence-corrected chi connectivity index (χ2v) is 5.43. The van der Waals surface area contributed by atoms with Crippen LogP contribution in [0.2, 0.25) is 0 Å². The van der Waals surface area contributed by atoms with Gasteiger partial charge in [0.1, 0.15) is 0 Å². The van der Waals surface area contributed by atoms with Crippen LogP contribution < -0.4 is 10.2 Å². The third kappa shape index (κ3) is 3.84. The summed E-state index contributed by atoms with van der Waals surface area (Å²) in [5, 5.41) is 11.5. The topological polar surface area (TPSA) is 66.8 Å². The SMILES string of the molecule is CCN(c1cccc(C)c1)c1nncc(NCc2ccncc2)n1. The number of nitrogens with one attached hydrogen (secondary N) is 1. The lowest BCUT2D eigenvalue weighted by Gasteiger charge is -2.21. The van der Waals surface area contributed by atoms with Gasteiger partial charge in [0.05, 0.1) is 6.20 Å². The first kappa shape index (κ1) is 15.9. The molecule has 0 aliphatic heterocycles. The van der Waals surface area contributed by atoms with E-state index in [1.54, 1.807) is 18.6 Å². The normalized spacial score (nSPS) is 10.4. The lowest BCUT2D eigenvalue weighted by Crippen LogP contribution is -2.20. The lowest BCUT2D eigenvalue weighted by atomic mass is 10.2. The fraction of sp³-hybridized carbons (Fsp3) is 0.222. The molecule has 0 fully saturated rings. The van der Waals surface area contributed by atoms with E-state index in [9.17, 15) is 0 Å². The lowest BCUT2D eigenvalue weighted by molar-refractivity contribution is 0.880. The van der Waals surface area contributed by atoms with Gasteiger partial charge in [0.25, 0.3) is 5.95 Å². The van der Waals surface area contributed by atoms with Crippen LogP contribution in [0.15, 0.2) is 55.0 Å². The van der Waals surface area contributed by atoms with Crippen molar-refractivity contribution >= 4 is 17.5 Å². The van der Waals surface area contributed by atoms with E-state index in [2.05, 4.69) is 57.5 Å². The molecular formula is C18H20N6. The number of nitrogens with zero attached hydrogens (tertiary/aromatic N) is 5. The van der Waals surface area contributed by atoms with E-state index < -0.39 is 0 Å². The van der Waals surface area contributed by atoms with Crippen LogP contribution in [0.3, 0.4) is 0 Å². The fourth-order valence-corrected chi connectivity index (χ4v) is 2.42. The molecule has 0 aliphatic carbocycles. The number of benzene rings is 1. The highest BCUT2D eigenvalue weighted by Crippen LogP contribution is 2.22. The molecule has 0 bridgehead atoms. The Morgan fingerprint density at radius 3 is 2.71 bits per heavy atom. The molecule has 6 nitrogen and oxygen atoms in total. The van der Waals surface area contributed by atoms with Crippen LogP contribution in [0.4, 0.5) is 17.5 Å². The van der Waals surface area contributed by atoms with E-state index in [0.717, 1.165) is 17.8 Å². The van der Waals surface area contributed by atoms with Crippen molar-refractivity contribution in [2.75, 3.05) is 16.8 Å². The highest BCUT2D eigenvalue weighted by Gasteiger charge is 2.11. The van der Waals surface area contributed by atoms with E-state index in [1.165, 1.54) is 5.56 Å². The zero-order valence-electron chi connectivity index (χ0n) is 13.8. The Morgan fingerprint density at radius 1 is 1.12 bits per heavy atom. The van der Waals surface area contributed by atoms with Crippen molar-refractivity contribution in [1.82, 2.24) is 20.2 Å². The maximum atomic E-state index is 4.59. The van der Waals surface area contributed by atoms with Gasteiger partial charge in [0.15, 0.2) is 5.82 Å². The van der Waals surface area contributed by atoms with Crippen LogP contribution >= 0.6 is 0 Å². The Bertz CT molecular complexity index is 790. The zero-order valence-corrected chi connectivity index (χ0v) is 13.8. The summed E-state index contributed by atoms with van der Waals surface area (Å²) in [5.41, 5.74) is 3.40. The predicted octanol–water partition coefficient (Wildman–Crippen LogP) is 3.35. The number of rotatable bonds is 6. The third-order valence-corrected chi connectivity index (χ3v) is 3.64. The van der Waals surface area contributed by atoms with E-state index in [4.69, 9.17) is 0 Å². The molecule has 6 heteroatoms. The first-order valence-corrected chi connectivity index (χ1v) is 7.93. The number of aryl methyl sites for hydroxylation is 1. The molecule has 0 saturated heterocycles. The number of anilines is 3. The van der Waals surface area contributed by atoms with Gasteiger partial charge in [-0.05, 0) is 49.2 Å². The van der Waals surface area contributed by atoms with Crippen molar-refractivity contribution in [3.63, 3.8) is 0 Å². The molecule has 2 aromatic heterocycles. The molecule has 1 N–H and O–H groups in total. The molecule has 122 valence electrons. The van der Waals surface area contributed by atoms with E-state index >= 15 is 0 Å². The van der Waals surface area contributed by atoms with Crippen LogP contribution in [0.25, 0.3) is 0 Å². The third-order valence-electron chi connectivity index (χ3n) is 3.64. The summed E-state index contributed by atoms with van der Waals surface area (Å²) < 4.78 is 0. The van der Waals surface area contributed by atoms with Crippen LogP contribution in [0.1, 0.15) is 18.1 Å². The van der Waals surface area contributed by atoms with Gasteiger partial charge in [0, 0.05) is 31.2 Å². The monoisotopic (exact) mass is 320 g/mol. The highest BCUT2D eigenvalue weighted by molar-refractivity contribution is 5.58. The summed E-state index contributed by atoms with van der Waals surface area (Å²) in [5.74, 6) is 1.28. The smallest absolute Gasteiger partial charge is 0.251 e. The van der Waals surface area contributed by atoms with Crippen LogP contribution in [0, 0.1) is 6.92 Å². The van der Waals surface area contributed by atoms with Crippen molar-refractivity contribution in [2.24, 2.45) is 0 Å². The van der Waals surface area contributed by atoms with Crippen LogP contribution in [-0.4, -0.2) is 26.7 Å². The number of hydrogen-bond acceptors (Lipinski definition) is 6. The Hall–Kier alpha value is -3.02. The molecule has 0 saturated carbocycles. The molecule has 2 heterocycles. The summed E-state index contributed by atoms with van der Waals surface area (Å²) in [4.78, 5) is 10.6. The van der Waals surface area contributed by atoms with Crippen LogP contribution in [-0.2, 0) is 6.54 Å². The predicted molar refractivity (Wildman–Crippen MR) is 95.2 cm³/mol. The van der Waals surface area contributed by atoms with E-state index in [-0.39, 0.29) is 0 Å². The molecule has 0 unspecified atom stereocenters. The molecule has 0 spiro atoms. The fourth-order valence-electron chi connectivity index (χ4n) is 2.42. The molecule has 0 radical (unpaired) electrons. The average molecular weight is 320 g/mol. The molecule has 0 amide bonds. The van der Waals surface area contributed by atoms with Gasteiger partial charge >= 0.3 is 0 Å². The van der Waals surface area contributed by atoms with Crippen molar-refractivity contribution in [1.29, 1.82) is 0 Å². The second kappa shape index (κ2) is 7.50. The minimum absolute atomic E-state index is 0.586. The standard InChI is InChI=1S/C18H20N6/c1-3-24(16-6-4-5-14(2)11-16)18-22-17(13-21-23-18)20-12-15-7-9-19-10-8-15/h4-11,13H,3,12H2,1-2H3,(H,20,22,23). The van der Waals surface area contributed by atoms with Gasteiger partial charge in [-0.25, -0.2) is 0 Å². The molecule has 3 aromatic rings. The zero-order chi connectivity index (χ0) is 16.8. The summed E-state index contributed by atoms with van der Waals surface area (Å²) >= 11 is 0. The molecule has 24 heavy (non-hydrogen) atoms. The van der Waals surface area contributed by atoms with Gasteiger partial charge in [-0.15, -0.1) is 5.10 Å². The Morgan fingerprint density at radius 2 is 1.96 bits per heavy atom. The molecule has 3 rings (SSSR count). The number of hydrogen-bond donors (Lipinski definition) is 1. The molecular weight excluding hydrogens is 300 g/mol. The molecule has 1 aromatic carbocycles. The molecule has 0 aliphatic rings. The van der Waals surface area contributed by atoms with E-state index in [1.807, 2.05) is 23.1 Å². The Labute approximate surface area is 141 Å². The summed E-state index contributed by atoms with van der Waals surface area (Å²) in [6, 6.07) is 12.2. The van der Waals surface area contributed by atoms with Crippen molar-refractivity contribution in [3.8, 4) is 0 Å². The maximum absolute atomic E-state index is 4.59. The quantitative estimate of drug-likeness (QED) is 0.751. The average Bonchev–Trinajstić information content (AvgIpc) is 2.62. The van der Waals surface area contributed by atoms with Crippen LogP contribution in [0.5, 0.6) is 0 Å². The van der Waals surface area contributed by atoms with Crippen molar-refractivity contribution in [3.05, 3.63) is 66.1 Å². The van der Waals surface area contributed by atoms with Crippen molar-refractivity contribution < 1.29 is 0 Å². The van der Waals surface area contributed by atoms with Gasteiger partial charge < -0.3 is 10.2 Å². The van der Waals surface area contributed by atoms with Gasteiger partial charge in [-0.1, -0.05) is 12.1 Å². The maximum Gasteiger partial charge on any atom is 0.251 e. The van der Waals surface area contributed by atoms with Gasteiger partial charge in [-0.3, -0.25) is 4.98 Å². The molecule has 0 atom stereocenters. The minimum Gasteiger partial charge on any atom is -0.365 e. The summed E-state index contributed by atoms with van der Waals surface area (Å²) in [6.45, 7) is 5.57. The number of pyridine rings is 1. The summed E-state index contributed by atoms with van der Waals surface area (Å²) in [7, 11) is 0. The largest absolute Gasteiger partial charge is 0.365 e. The minimum atomic E-state index is 0.586. The number of aromatic nitrogens is 4. The highest BCUT2D eigenvalue weighted by atomic mass is 15.3. The van der Waals surface area contributed by atoms with Gasteiger partial charge in [0.2, 0.25) is 0 Å². The Kier molecular flexibility index (Phi) is 4.96. The first-order chi connectivity index (χ1) is 11.8. The second-order valence-electron chi connectivity index (χ2n) is 5.43. The first-order valence-electron chi connectivity index (χ1n) is 7.93.